The van der Waals surface area contributed by atoms with Gasteiger partial charge in [0, 0.05) is 0 Å². The van der Waals surface area contributed by atoms with E-state index in [0.29, 0.717) is 0 Å². The molecule has 20 heavy (non-hydrogen) atoms. The van der Waals surface area contributed by atoms with Crippen LogP contribution in [0, 0.1) is 12.3 Å². The molecule has 1 rings (SSSR count). The van der Waals surface area contributed by atoms with Gasteiger partial charge in [0.05, 0.1) is 26.4 Å². The molecule has 0 aliphatic heterocycles. The van der Waals surface area contributed by atoms with Gasteiger partial charge in [-0.25, -0.2) is 0 Å². The van der Waals surface area contributed by atoms with Gasteiger partial charge in [-0.15, -0.1) is 0 Å². The second kappa shape index (κ2) is 7.84. The number of aliphatic hydroxyl groups excluding tert-OH is 3. The predicted molar refractivity (Wildman–Crippen MR) is 73.4 cm³/mol. The smallest absolute Gasteiger partial charge is 0.233 e. The molecule has 0 spiro atoms. The zero-order chi connectivity index (χ0) is 15.0. The van der Waals surface area contributed by atoms with Crippen LogP contribution in [0.5, 0.6) is 5.75 Å². The van der Waals surface area contributed by atoms with E-state index in [9.17, 15) is 4.79 Å². The van der Waals surface area contributed by atoms with Crippen molar-refractivity contribution in [3.63, 3.8) is 0 Å². The maximum absolute atomic E-state index is 11.8. The number of carbonyl (C=O) groups excluding carboxylic acids is 1. The van der Waals surface area contributed by atoms with Crippen LogP contribution in [-0.4, -0.2) is 54.2 Å². The standard InChI is InChI=1S/C14H21NO5/c1-11-4-2-3-5-12(11)20-7-6-15-13(19)14(8-16,9-17)10-18/h2-5,16-18H,6-10H2,1H3,(H,15,19). The van der Waals surface area contributed by atoms with E-state index in [1.807, 2.05) is 31.2 Å². The van der Waals surface area contributed by atoms with Gasteiger partial charge < -0.3 is 25.4 Å². The number of carbonyl (C=O) groups is 1. The number of benzene rings is 1. The number of para-hydroxylation sites is 1. The lowest BCUT2D eigenvalue weighted by Gasteiger charge is -2.25. The van der Waals surface area contributed by atoms with E-state index in [4.69, 9.17) is 20.1 Å². The third kappa shape index (κ3) is 3.93. The van der Waals surface area contributed by atoms with Gasteiger partial charge in [0.15, 0.2) is 0 Å². The summed E-state index contributed by atoms with van der Waals surface area (Å²) in [6, 6.07) is 7.51. The van der Waals surface area contributed by atoms with Crippen LogP contribution in [0.1, 0.15) is 5.56 Å². The molecule has 1 amide bonds. The summed E-state index contributed by atoms with van der Waals surface area (Å²) in [4.78, 5) is 11.8. The van der Waals surface area contributed by atoms with Crippen molar-refractivity contribution in [3.8, 4) is 5.75 Å². The van der Waals surface area contributed by atoms with Gasteiger partial charge in [0.2, 0.25) is 5.91 Å². The minimum absolute atomic E-state index is 0.217. The summed E-state index contributed by atoms with van der Waals surface area (Å²) in [6.07, 6.45) is 0. The third-order valence-corrected chi connectivity index (χ3v) is 3.13. The zero-order valence-electron chi connectivity index (χ0n) is 11.5. The Morgan fingerprint density at radius 2 is 1.80 bits per heavy atom. The van der Waals surface area contributed by atoms with Gasteiger partial charge in [-0.1, -0.05) is 18.2 Å². The lowest BCUT2D eigenvalue weighted by atomic mass is 9.90. The van der Waals surface area contributed by atoms with Gasteiger partial charge in [-0.3, -0.25) is 4.79 Å². The fourth-order valence-corrected chi connectivity index (χ4v) is 1.60. The quantitative estimate of drug-likeness (QED) is 0.480. The van der Waals surface area contributed by atoms with Crippen LogP contribution >= 0.6 is 0 Å². The number of amides is 1. The van der Waals surface area contributed by atoms with Crippen molar-refractivity contribution in [2.75, 3.05) is 33.0 Å². The van der Waals surface area contributed by atoms with Crippen molar-refractivity contribution >= 4 is 5.91 Å². The molecule has 0 heterocycles. The molecule has 0 unspecified atom stereocenters. The molecule has 0 aliphatic carbocycles. The highest BCUT2D eigenvalue weighted by atomic mass is 16.5. The molecule has 0 radical (unpaired) electrons. The Hall–Kier alpha value is -1.63. The molecule has 0 bridgehead atoms. The monoisotopic (exact) mass is 283 g/mol. The van der Waals surface area contributed by atoms with E-state index in [2.05, 4.69) is 5.32 Å². The SMILES string of the molecule is Cc1ccccc1OCCNC(=O)C(CO)(CO)CO. The molecular weight excluding hydrogens is 262 g/mol. The molecule has 112 valence electrons. The van der Waals surface area contributed by atoms with Crippen LogP contribution in [0.3, 0.4) is 0 Å². The fraction of sp³-hybridized carbons (Fsp3) is 0.500. The maximum Gasteiger partial charge on any atom is 0.233 e. The number of ether oxygens (including phenoxy) is 1. The first-order valence-electron chi connectivity index (χ1n) is 6.39. The van der Waals surface area contributed by atoms with Crippen LogP contribution in [0.25, 0.3) is 0 Å². The molecule has 1 aromatic rings. The van der Waals surface area contributed by atoms with Crippen molar-refractivity contribution in [3.05, 3.63) is 29.8 Å². The Bertz CT molecular complexity index is 423. The number of hydrogen-bond acceptors (Lipinski definition) is 5. The van der Waals surface area contributed by atoms with Gasteiger partial charge >= 0.3 is 0 Å². The highest BCUT2D eigenvalue weighted by Gasteiger charge is 2.36. The third-order valence-electron chi connectivity index (χ3n) is 3.13. The number of aryl methyl sites for hydroxylation is 1. The summed E-state index contributed by atoms with van der Waals surface area (Å²) in [6.45, 7) is 0.533. The van der Waals surface area contributed by atoms with Crippen LogP contribution in [0.4, 0.5) is 0 Å². The second-order valence-corrected chi connectivity index (χ2v) is 4.62. The van der Waals surface area contributed by atoms with Crippen LogP contribution in [-0.2, 0) is 4.79 Å². The molecular formula is C14H21NO5. The molecule has 0 saturated heterocycles. The number of hydrogen-bond donors (Lipinski definition) is 4. The van der Waals surface area contributed by atoms with Crippen LogP contribution < -0.4 is 10.1 Å². The molecule has 0 atom stereocenters. The number of rotatable bonds is 8. The van der Waals surface area contributed by atoms with Crippen LogP contribution in [0.2, 0.25) is 0 Å². The van der Waals surface area contributed by atoms with Gasteiger partial charge in [0.1, 0.15) is 17.8 Å². The summed E-state index contributed by atoms with van der Waals surface area (Å²) in [5, 5.41) is 29.8. The van der Waals surface area contributed by atoms with E-state index < -0.39 is 31.1 Å². The Morgan fingerprint density at radius 3 is 2.35 bits per heavy atom. The Kier molecular flexibility index (Phi) is 6.44. The Balaban J connectivity index is 2.41. The first-order valence-corrected chi connectivity index (χ1v) is 6.39. The minimum Gasteiger partial charge on any atom is -0.491 e. The molecule has 0 aromatic heterocycles. The average Bonchev–Trinajstić information content (AvgIpc) is 2.48. The molecule has 0 fully saturated rings. The zero-order valence-corrected chi connectivity index (χ0v) is 11.5. The second-order valence-electron chi connectivity index (χ2n) is 4.62. The highest BCUT2D eigenvalue weighted by Crippen LogP contribution is 2.16. The van der Waals surface area contributed by atoms with E-state index in [1.54, 1.807) is 0 Å². The molecule has 0 aliphatic rings. The van der Waals surface area contributed by atoms with Gasteiger partial charge in [0.25, 0.3) is 0 Å². The van der Waals surface area contributed by atoms with Crippen molar-refractivity contribution in [2.45, 2.75) is 6.92 Å². The predicted octanol–water partition coefficient (Wildman–Crippen LogP) is -0.547. The molecule has 0 saturated carbocycles. The van der Waals surface area contributed by atoms with Crippen molar-refractivity contribution in [1.29, 1.82) is 0 Å². The van der Waals surface area contributed by atoms with E-state index in [-0.39, 0.29) is 13.2 Å². The number of nitrogens with one attached hydrogen (secondary N) is 1. The fourth-order valence-electron chi connectivity index (χ4n) is 1.60. The van der Waals surface area contributed by atoms with Crippen molar-refractivity contribution in [2.24, 2.45) is 5.41 Å². The average molecular weight is 283 g/mol. The summed E-state index contributed by atoms with van der Waals surface area (Å²) < 4.78 is 5.50. The summed E-state index contributed by atoms with van der Waals surface area (Å²) in [5.41, 5.74) is -0.558. The van der Waals surface area contributed by atoms with Crippen molar-refractivity contribution in [1.82, 2.24) is 5.32 Å². The topological polar surface area (TPSA) is 99.0 Å². The van der Waals surface area contributed by atoms with Crippen molar-refractivity contribution < 1.29 is 24.9 Å². The van der Waals surface area contributed by atoms with E-state index in [1.165, 1.54) is 0 Å². The highest BCUT2D eigenvalue weighted by molar-refractivity contribution is 5.83. The maximum atomic E-state index is 11.8. The summed E-state index contributed by atoms with van der Waals surface area (Å²) >= 11 is 0. The van der Waals surface area contributed by atoms with Crippen LogP contribution in [0.15, 0.2) is 24.3 Å². The summed E-state index contributed by atoms with van der Waals surface area (Å²) in [7, 11) is 0. The normalized spacial score (nSPS) is 11.2. The minimum atomic E-state index is -1.55. The van der Waals surface area contributed by atoms with Gasteiger partial charge in [-0.05, 0) is 18.6 Å². The lowest BCUT2D eigenvalue weighted by Crippen LogP contribution is -2.49. The summed E-state index contributed by atoms with van der Waals surface area (Å²) in [5.74, 6) is 0.137. The molecule has 6 nitrogen and oxygen atoms in total. The molecule has 1 aromatic carbocycles. The van der Waals surface area contributed by atoms with Gasteiger partial charge in [-0.2, -0.15) is 0 Å². The molecule has 6 heteroatoms. The first kappa shape index (κ1) is 16.4. The Morgan fingerprint density at radius 1 is 1.20 bits per heavy atom. The largest absolute Gasteiger partial charge is 0.491 e. The lowest BCUT2D eigenvalue weighted by molar-refractivity contribution is -0.139. The first-order chi connectivity index (χ1) is 9.59. The van der Waals surface area contributed by atoms with E-state index in [0.717, 1.165) is 11.3 Å². The Labute approximate surface area is 118 Å². The van der Waals surface area contributed by atoms with E-state index >= 15 is 0 Å². The molecule has 4 N–H and O–H groups in total. The number of aliphatic hydroxyl groups is 3.